The van der Waals surface area contributed by atoms with Crippen LogP contribution in [-0.2, 0) is 13.0 Å². The van der Waals surface area contributed by atoms with Gasteiger partial charge < -0.3 is 12.4 Å². The summed E-state index contributed by atoms with van der Waals surface area (Å²) in [5.41, 5.74) is 7.51. The topological polar surface area (TPSA) is 3.88 Å². The molecule has 1 nitrogen and oxygen atoms in total. The minimum absolute atomic E-state index is 0. The summed E-state index contributed by atoms with van der Waals surface area (Å²) in [4.78, 5) is 0. The molecular weight excluding hydrogens is 410 g/mol. The first-order chi connectivity index (χ1) is 15.2. The Bertz CT molecular complexity index is 702. The molecule has 1 aliphatic heterocycles. The van der Waals surface area contributed by atoms with E-state index in [-0.39, 0.29) is 12.4 Å². The van der Waals surface area contributed by atoms with Crippen molar-refractivity contribution < 1.29 is 17.0 Å². The average Bonchev–Trinajstić information content (AvgIpc) is 3.26. The smallest absolute Gasteiger partial charge is 0.189 e. The molecule has 1 aromatic heterocycles. The zero-order valence-corrected chi connectivity index (χ0v) is 22.4. The van der Waals surface area contributed by atoms with Gasteiger partial charge in [0.15, 0.2) is 11.4 Å². The lowest BCUT2D eigenvalue weighted by atomic mass is 9.97. The molecular formula is C30H50ClN. The lowest BCUT2D eigenvalue weighted by Crippen LogP contribution is -3.00. The summed E-state index contributed by atoms with van der Waals surface area (Å²) in [6.45, 7) is 10.5. The molecule has 0 fully saturated rings. The van der Waals surface area contributed by atoms with Crippen molar-refractivity contribution in [3.8, 4) is 0 Å². The molecule has 0 spiro atoms. The number of aromatic nitrogens is 1. The van der Waals surface area contributed by atoms with Crippen LogP contribution in [-0.4, -0.2) is 0 Å². The number of hydrogen-bond acceptors (Lipinski definition) is 0. The number of fused-ring (bicyclic) bond motifs is 1. The van der Waals surface area contributed by atoms with E-state index in [0.717, 1.165) is 0 Å². The van der Waals surface area contributed by atoms with E-state index in [0.29, 0.717) is 0 Å². The van der Waals surface area contributed by atoms with Crippen molar-refractivity contribution in [1.82, 2.24) is 0 Å². The summed E-state index contributed by atoms with van der Waals surface area (Å²) >= 11 is 0. The van der Waals surface area contributed by atoms with Gasteiger partial charge in [0.05, 0.1) is 0 Å². The van der Waals surface area contributed by atoms with Crippen LogP contribution in [0.2, 0.25) is 0 Å². The SMILES string of the molecule is CCCCCCCC/C=C\c1c(C)c(/C=C/CCCCCCCC)c(C)[n+]2c1CCC2.[Cl-]. The lowest BCUT2D eigenvalue weighted by Gasteiger charge is -2.11. The normalized spacial score (nSPS) is 13.2. The predicted molar refractivity (Wildman–Crippen MR) is 138 cm³/mol. The third-order valence-electron chi connectivity index (χ3n) is 7.05. The Labute approximate surface area is 206 Å². The number of hydrogen-bond donors (Lipinski definition) is 0. The number of halogens is 1. The molecule has 182 valence electrons. The maximum Gasteiger partial charge on any atom is 0.189 e. The van der Waals surface area contributed by atoms with Crippen molar-refractivity contribution >= 4 is 12.2 Å². The number of nitrogens with zero attached hydrogens (tertiary/aromatic N) is 1. The molecule has 2 heteroatoms. The van der Waals surface area contributed by atoms with Crippen molar-refractivity contribution in [3.63, 3.8) is 0 Å². The molecule has 0 aliphatic carbocycles. The summed E-state index contributed by atoms with van der Waals surface area (Å²) < 4.78 is 2.60. The van der Waals surface area contributed by atoms with E-state index in [4.69, 9.17) is 0 Å². The third kappa shape index (κ3) is 9.42. The van der Waals surface area contributed by atoms with Crippen LogP contribution < -0.4 is 17.0 Å². The summed E-state index contributed by atoms with van der Waals surface area (Å²) in [6, 6.07) is 0. The fourth-order valence-electron chi connectivity index (χ4n) is 5.06. The van der Waals surface area contributed by atoms with Gasteiger partial charge in [-0.15, -0.1) is 0 Å². The molecule has 1 aromatic rings. The van der Waals surface area contributed by atoms with Crippen LogP contribution in [0, 0.1) is 13.8 Å². The predicted octanol–water partition coefficient (Wildman–Crippen LogP) is 6.07. The fraction of sp³-hybridized carbons (Fsp3) is 0.700. The first-order valence-corrected chi connectivity index (χ1v) is 13.6. The molecule has 0 aromatic carbocycles. The Kier molecular flexibility index (Phi) is 15.7. The quantitative estimate of drug-likeness (QED) is 0.208. The summed E-state index contributed by atoms with van der Waals surface area (Å²) in [7, 11) is 0. The maximum absolute atomic E-state index is 2.60. The monoisotopic (exact) mass is 459 g/mol. The first-order valence-electron chi connectivity index (χ1n) is 13.6. The molecule has 0 saturated heterocycles. The highest BCUT2D eigenvalue weighted by Gasteiger charge is 2.28. The van der Waals surface area contributed by atoms with E-state index in [1.165, 1.54) is 132 Å². The molecule has 0 atom stereocenters. The van der Waals surface area contributed by atoms with Crippen molar-refractivity contribution in [2.24, 2.45) is 0 Å². The van der Waals surface area contributed by atoms with E-state index < -0.39 is 0 Å². The minimum atomic E-state index is 0. The molecule has 0 bridgehead atoms. The number of pyridine rings is 1. The van der Waals surface area contributed by atoms with Crippen LogP contribution in [0.5, 0.6) is 0 Å². The Morgan fingerprint density at radius 1 is 0.688 bits per heavy atom. The number of unbranched alkanes of at least 4 members (excludes halogenated alkanes) is 12. The van der Waals surface area contributed by atoms with Gasteiger partial charge >= 0.3 is 0 Å². The second-order valence-corrected chi connectivity index (χ2v) is 9.66. The zero-order chi connectivity index (χ0) is 22.3. The number of allylic oxidation sites excluding steroid dienone is 2. The molecule has 32 heavy (non-hydrogen) atoms. The van der Waals surface area contributed by atoms with Gasteiger partial charge in [-0.3, -0.25) is 0 Å². The Hall–Kier alpha value is -1.08. The van der Waals surface area contributed by atoms with Crippen LogP contribution in [0.1, 0.15) is 138 Å². The van der Waals surface area contributed by atoms with Gasteiger partial charge in [0.1, 0.15) is 6.54 Å². The standard InChI is InChI=1S/C30H50N.ClH/c1-5-7-9-11-13-15-17-19-22-28-26(3)29(30-24-21-25-31(30)27(28)4)23-20-18-16-14-12-10-8-6-2;/h19-20,22-23H,5-18,21,24-25H2,1-4H3;1H/q+1;/p-1/b22-19+,23-20-;. The molecule has 0 unspecified atom stereocenters. The molecule has 0 radical (unpaired) electrons. The largest absolute Gasteiger partial charge is 1.00 e. The highest BCUT2D eigenvalue weighted by atomic mass is 35.5. The van der Waals surface area contributed by atoms with Crippen LogP contribution in [0.15, 0.2) is 12.2 Å². The highest BCUT2D eigenvalue weighted by Crippen LogP contribution is 2.26. The van der Waals surface area contributed by atoms with E-state index in [9.17, 15) is 0 Å². The average molecular weight is 460 g/mol. The first kappa shape index (κ1) is 29.0. The summed E-state index contributed by atoms with van der Waals surface area (Å²) in [5.74, 6) is 0. The maximum atomic E-state index is 2.60. The zero-order valence-electron chi connectivity index (χ0n) is 21.7. The second kappa shape index (κ2) is 17.4. The van der Waals surface area contributed by atoms with E-state index in [2.05, 4.69) is 56.6 Å². The summed E-state index contributed by atoms with van der Waals surface area (Å²) in [5, 5.41) is 0. The van der Waals surface area contributed by atoms with Crippen molar-refractivity contribution in [2.45, 2.75) is 137 Å². The van der Waals surface area contributed by atoms with Gasteiger partial charge in [-0.25, -0.2) is 0 Å². The molecule has 2 rings (SSSR count). The van der Waals surface area contributed by atoms with Gasteiger partial charge in [-0.05, 0) is 38.2 Å². The van der Waals surface area contributed by atoms with Crippen LogP contribution in [0.3, 0.4) is 0 Å². The molecule has 1 aliphatic rings. The van der Waals surface area contributed by atoms with Gasteiger partial charge in [-0.1, -0.05) is 102 Å². The Morgan fingerprint density at radius 2 is 1.19 bits per heavy atom. The molecule has 0 N–H and O–H groups in total. The van der Waals surface area contributed by atoms with E-state index in [1.807, 2.05) is 0 Å². The van der Waals surface area contributed by atoms with E-state index >= 15 is 0 Å². The van der Waals surface area contributed by atoms with Crippen molar-refractivity contribution in [1.29, 1.82) is 0 Å². The fourth-order valence-corrected chi connectivity index (χ4v) is 5.06. The van der Waals surface area contributed by atoms with Crippen LogP contribution in [0.4, 0.5) is 0 Å². The van der Waals surface area contributed by atoms with Gasteiger partial charge in [0.25, 0.3) is 0 Å². The molecule has 0 amide bonds. The second-order valence-electron chi connectivity index (χ2n) is 9.66. The Morgan fingerprint density at radius 3 is 1.75 bits per heavy atom. The minimum Gasteiger partial charge on any atom is -1.00 e. The van der Waals surface area contributed by atoms with E-state index in [1.54, 1.807) is 5.69 Å². The molecule has 0 saturated carbocycles. The highest BCUT2D eigenvalue weighted by molar-refractivity contribution is 5.64. The van der Waals surface area contributed by atoms with Crippen molar-refractivity contribution in [3.05, 3.63) is 40.2 Å². The number of rotatable bonds is 16. The summed E-state index contributed by atoms with van der Waals surface area (Å²) in [6.07, 6.45) is 31.3. The third-order valence-corrected chi connectivity index (χ3v) is 7.05. The van der Waals surface area contributed by atoms with Gasteiger partial charge in [0, 0.05) is 30.9 Å². The van der Waals surface area contributed by atoms with Crippen LogP contribution >= 0.6 is 0 Å². The Balaban J connectivity index is 0.00000512. The lowest BCUT2D eigenvalue weighted by molar-refractivity contribution is -0.696. The van der Waals surface area contributed by atoms with Gasteiger partial charge in [-0.2, -0.15) is 4.57 Å². The van der Waals surface area contributed by atoms with Gasteiger partial charge in [0.2, 0.25) is 0 Å². The van der Waals surface area contributed by atoms with Crippen molar-refractivity contribution in [2.75, 3.05) is 0 Å². The molecule has 2 heterocycles. The van der Waals surface area contributed by atoms with Crippen LogP contribution in [0.25, 0.3) is 12.2 Å².